The van der Waals surface area contributed by atoms with Crippen LogP contribution in [0.25, 0.3) is 17.4 Å². The van der Waals surface area contributed by atoms with Gasteiger partial charge < -0.3 is 15.1 Å². The standard InChI is InChI=1S/C27H17Cl4N3O3S/c28-15-7-10-19(22(30)13-15)26(36)32-16-3-1-4-17(14-16)33-27(38)34-24(35)12-9-18-8-11-23(37-18)20-5-2-6-21(29)25(20)31/h1-14H,(H,32,36)(H2,33,34,35,38). The Balaban J connectivity index is 1.33. The molecule has 1 aromatic heterocycles. The van der Waals surface area contributed by atoms with Crippen LogP contribution in [-0.2, 0) is 4.79 Å². The van der Waals surface area contributed by atoms with Crippen molar-refractivity contribution >= 4 is 93.0 Å². The van der Waals surface area contributed by atoms with Crippen molar-refractivity contribution in [3.05, 3.63) is 110 Å². The number of nitrogens with one attached hydrogen (secondary N) is 3. The highest BCUT2D eigenvalue weighted by molar-refractivity contribution is 7.80. The van der Waals surface area contributed by atoms with Crippen LogP contribution in [0.2, 0.25) is 20.1 Å². The van der Waals surface area contributed by atoms with Gasteiger partial charge in [-0.25, -0.2) is 0 Å². The van der Waals surface area contributed by atoms with E-state index in [2.05, 4.69) is 16.0 Å². The molecule has 3 N–H and O–H groups in total. The molecule has 11 heteroatoms. The van der Waals surface area contributed by atoms with E-state index in [1.807, 2.05) is 0 Å². The lowest BCUT2D eigenvalue weighted by atomic mass is 10.2. The maximum Gasteiger partial charge on any atom is 0.257 e. The number of hydrogen-bond acceptors (Lipinski definition) is 4. The molecule has 3 aromatic carbocycles. The molecule has 6 nitrogen and oxygen atoms in total. The number of amides is 2. The predicted octanol–water partition coefficient (Wildman–Crippen LogP) is 8.34. The molecule has 0 aliphatic rings. The highest BCUT2D eigenvalue weighted by atomic mass is 35.5. The summed E-state index contributed by atoms with van der Waals surface area (Å²) in [5.41, 5.74) is 1.97. The van der Waals surface area contributed by atoms with E-state index in [1.165, 1.54) is 24.3 Å². The molecule has 0 aliphatic heterocycles. The molecule has 4 rings (SSSR count). The number of hydrogen-bond donors (Lipinski definition) is 3. The monoisotopic (exact) mass is 603 g/mol. The first-order valence-electron chi connectivity index (χ1n) is 10.9. The van der Waals surface area contributed by atoms with E-state index in [0.29, 0.717) is 43.5 Å². The van der Waals surface area contributed by atoms with Gasteiger partial charge in [0, 0.05) is 28.0 Å². The smallest absolute Gasteiger partial charge is 0.257 e. The van der Waals surface area contributed by atoms with Gasteiger partial charge in [-0.05, 0) is 79.0 Å². The highest BCUT2D eigenvalue weighted by Gasteiger charge is 2.12. The van der Waals surface area contributed by atoms with E-state index < -0.39 is 11.8 Å². The van der Waals surface area contributed by atoms with Crippen LogP contribution in [0.1, 0.15) is 16.1 Å². The Bertz CT molecular complexity index is 1570. The first kappa shape index (κ1) is 27.7. The second kappa shape index (κ2) is 12.5. The van der Waals surface area contributed by atoms with Gasteiger partial charge in [-0.3, -0.25) is 14.9 Å². The third-order valence-electron chi connectivity index (χ3n) is 5.03. The topological polar surface area (TPSA) is 83.4 Å². The first-order chi connectivity index (χ1) is 18.2. The molecule has 0 radical (unpaired) electrons. The Morgan fingerprint density at radius 1 is 0.816 bits per heavy atom. The number of carbonyl (C=O) groups excluding carboxylic acids is 2. The normalized spacial score (nSPS) is 10.8. The number of rotatable bonds is 6. The molecular formula is C27H17Cl4N3O3S. The summed E-state index contributed by atoms with van der Waals surface area (Å²) in [6.07, 6.45) is 2.78. The zero-order valence-corrected chi connectivity index (χ0v) is 23.1. The summed E-state index contributed by atoms with van der Waals surface area (Å²) in [5, 5.41) is 9.73. The molecule has 0 spiro atoms. The summed E-state index contributed by atoms with van der Waals surface area (Å²) in [6, 6.07) is 20.1. The van der Waals surface area contributed by atoms with E-state index in [-0.39, 0.29) is 15.7 Å². The molecule has 0 fully saturated rings. The largest absolute Gasteiger partial charge is 0.457 e. The molecule has 0 unspecified atom stereocenters. The SMILES string of the molecule is O=C(C=Cc1ccc(-c2cccc(Cl)c2Cl)o1)NC(=S)Nc1cccc(NC(=O)c2ccc(Cl)cc2Cl)c1. The zero-order chi connectivity index (χ0) is 27.2. The number of halogens is 4. The Morgan fingerprint density at radius 3 is 2.32 bits per heavy atom. The minimum atomic E-state index is -0.469. The second-order valence-electron chi connectivity index (χ2n) is 7.74. The van der Waals surface area contributed by atoms with E-state index in [0.717, 1.165) is 0 Å². The van der Waals surface area contributed by atoms with Crippen molar-refractivity contribution in [2.24, 2.45) is 0 Å². The van der Waals surface area contributed by atoms with Crippen molar-refractivity contribution in [1.82, 2.24) is 5.32 Å². The van der Waals surface area contributed by atoms with Crippen LogP contribution in [0.15, 0.2) is 83.3 Å². The number of anilines is 2. The molecule has 0 aliphatic carbocycles. The molecule has 2 amide bonds. The summed E-state index contributed by atoms with van der Waals surface area (Å²) in [6.45, 7) is 0. The minimum absolute atomic E-state index is 0.0646. The summed E-state index contributed by atoms with van der Waals surface area (Å²) in [4.78, 5) is 24.9. The summed E-state index contributed by atoms with van der Waals surface area (Å²) in [5.74, 6) is 0.0842. The van der Waals surface area contributed by atoms with Crippen LogP contribution in [0.4, 0.5) is 11.4 Å². The number of carbonyl (C=O) groups is 2. The second-order valence-corrected chi connectivity index (χ2v) is 9.78. The number of benzene rings is 3. The summed E-state index contributed by atoms with van der Waals surface area (Å²) in [7, 11) is 0. The van der Waals surface area contributed by atoms with Gasteiger partial charge in [0.25, 0.3) is 5.91 Å². The average molecular weight is 605 g/mol. The van der Waals surface area contributed by atoms with Crippen molar-refractivity contribution in [2.45, 2.75) is 0 Å². The predicted molar refractivity (Wildman–Crippen MR) is 158 cm³/mol. The van der Waals surface area contributed by atoms with Crippen molar-refractivity contribution in [1.29, 1.82) is 0 Å². The van der Waals surface area contributed by atoms with Crippen molar-refractivity contribution in [2.75, 3.05) is 10.6 Å². The van der Waals surface area contributed by atoms with E-state index in [1.54, 1.807) is 60.7 Å². The van der Waals surface area contributed by atoms with Gasteiger partial charge >= 0.3 is 0 Å². The fourth-order valence-electron chi connectivity index (χ4n) is 3.30. The molecule has 38 heavy (non-hydrogen) atoms. The Hall–Kier alpha value is -3.33. The van der Waals surface area contributed by atoms with Crippen LogP contribution in [-0.4, -0.2) is 16.9 Å². The Kier molecular flexibility index (Phi) is 9.09. The molecule has 0 atom stereocenters. The number of furan rings is 1. The summed E-state index contributed by atoms with van der Waals surface area (Å²) >= 11 is 29.5. The van der Waals surface area contributed by atoms with Gasteiger partial charge in [0.1, 0.15) is 11.5 Å². The highest BCUT2D eigenvalue weighted by Crippen LogP contribution is 2.34. The molecule has 192 valence electrons. The third kappa shape index (κ3) is 7.16. The first-order valence-corrected chi connectivity index (χ1v) is 12.8. The van der Waals surface area contributed by atoms with Gasteiger partial charge in [0.15, 0.2) is 5.11 Å². The lowest BCUT2D eigenvalue weighted by molar-refractivity contribution is -0.115. The van der Waals surface area contributed by atoms with Crippen LogP contribution in [0, 0.1) is 0 Å². The maximum atomic E-state index is 12.6. The molecular weight excluding hydrogens is 588 g/mol. The Labute approximate surface area is 243 Å². The van der Waals surface area contributed by atoms with Crippen molar-refractivity contribution in [3.8, 4) is 11.3 Å². The molecule has 0 saturated heterocycles. The van der Waals surface area contributed by atoms with Gasteiger partial charge in [-0.1, -0.05) is 58.5 Å². The molecule has 4 aromatic rings. The van der Waals surface area contributed by atoms with E-state index in [9.17, 15) is 9.59 Å². The van der Waals surface area contributed by atoms with Gasteiger partial charge in [0.2, 0.25) is 5.91 Å². The number of thiocarbonyl (C=S) groups is 1. The van der Waals surface area contributed by atoms with Crippen molar-refractivity contribution in [3.63, 3.8) is 0 Å². The van der Waals surface area contributed by atoms with Crippen LogP contribution < -0.4 is 16.0 Å². The fourth-order valence-corrected chi connectivity index (χ4v) is 4.41. The van der Waals surface area contributed by atoms with Crippen LogP contribution >= 0.6 is 58.6 Å². The van der Waals surface area contributed by atoms with Gasteiger partial charge in [0.05, 0.1) is 20.6 Å². The van der Waals surface area contributed by atoms with Crippen LogP contribution in [0.3, 0.4) is 0 Å². The third-order valence-corrected chi connectivity index (χ3v) is 6.60. The maximum absolute atomic E-state index is 12.6. The molecule has 0 saturated carbocycles. The van der Waals surface area contributed by atoms with Gasteiger partial charge in [-0.2, -0.15) is 0 Å². The average Bonchev–Trinajstić information content (AvgIpc) is 3.33. The quantitative estimate of drug-likeness (QED) is 0.152. The lowest BCUT2D eigenvalue weighted by Crippen LogP contribution is -2.32. The fraction of sp³-hybridized carbons (Fsp3) is 0. The lowest BCUT2D eigenvalue weighted by Gasteiger charge is -2.11. The Morgan fingerprint density at radius 2 is 1.55 bits per heavy atom. The van der Waals surface area contributed by atoms with E-state index >= 15 is 0 Å². The minimum Gasteiger partial charge on any atom is -0.457 e. The van der Waals surface area contributed by atoms with Crippen molar-refractivity contribution < 1.29 is 14.0 Å². The summed E-state index contributed by atoms with van der Waals surface area (Å²) < 4.78 is 5.74. The van der Waals surface area contributed by atoms with Crippen LogP contribution in [0.5, 0.6) is 0 Å². The molecule has 0 bridgehead atoms. The van der Waals surface area contributed by atoms with E-state index in [4.69, 9.17) is 63.0 Å². The van der Waals surface area contributed by atoms with Gasteiger partial charge in [-0.15, -0.1) is 0 Å². The molecule has 1 heterocycles. The zero-order valence-electron chi connectivity index (χ0n) is 19.2.